The van der Waals surface area contributed by atoms with E-state index in [-0.39, 0.29) is 12.4 Å². The van der Waals surface area contributed by atoms with E-state index in [1.165, 1.54) is 0 Å². The maximum Gasteiger partial charge on any atom is 0.115 e. The highest BCUT2D eigenvalue weighted by atomic mass is 79.9. The van der Waals surface area contributed by atoms with Gasteiger partial charge in [-0.15, -0.1) is 0 Å². The van der Waals surface area contributed by atoms with Crippen LogP contribution in [0.25, 0.3) is 0 Å². The van der Waals surface area contributed by atoms with E-state index in [0.29, 0.717) is 19.5 Å². The Bertz CT molecular complexity index is 293. The molecule has 4 heteroatoms. The molecule has 1 aromatic carbocycles. The number of hydrogen-bond donors (Lipinski definition) is 2. The standard InChI is InChI=1S/C10H13BrFNO/c11-10-3-2-9(14)6-8(10)7-13-5-1-4-12/h2-3,6,13-14H,1,4-5,7H2. The number of rotatable bonds is 5. The molecule has 0 aliphatic carbocycles. The summed E-state index contributed by atoms with van der Waals surface area (Å²) >= 11 is 3.37. The maximum atomic E-state index is 11.8. The average molecular weight is 262 g/mol. The number of benzene rings is 1. The van der Waals surface area contributed by atoms with Gasteiger partial charge in [0.1, 0.15) is 5.75 Å². The highest BCUT2D eigenvalue weighted by Crippen LogP contribution is 2.21. The van der Waals surface area contributed by atoms with E-state index in [0.717, 1.165) is 10.0 Å². The van der Waals surface area contributed by atoms with Crippen molar-refractivity contribution in [3.63, 3.8) is 0 Å². The summed E-state index contributed by atoms with van der Waals surface area (Å²) < 4.78 is 12.7. The molecule has 0 unspecified atom stereocenters. The van der Waals surface area contributed by atoms with Crippen molar-refractivity contribution in [2.75, 3.05) is 13.2 Å². The summed E-state index contributed by atoms with van der Waals surface area (Å²) in [6.45, 7) is 0.988. The van der Waals surface area contributed by atoms with Gasteiger partial charge in [-0.1, -0.05) is 15.9 Å². The van der Waals surface area contributed by atoms with Crippen LogP contribution in [0, 0.1) is 0 Å². The molecular weight excluding hydrogens is 249 g/mol. The van der Waals surface area contributed by atoms with Crippen LogP contribution in [0.4, 0.5) is 4.39 Å². The summed E-state index contributed by atoms with van der Waals surface area (Å²) in [6, 6.07) is 5.10. The molecule has 0 radical (unpaired) electrons. The summed E-state index contributed by atoms with van der Waals surface area (Å²) in [5, 5.41) is 12.3. The fourth-order valence-corrected chi connectivity index (χ4v) is 1.50. The van der Waals surface area contributed by atoms with Gasteiger partial charge in [0.25, 0.3) is 0 Å². The zero-order valence-corrected chi connectivity index (χ0v) is 9.35. The minimum Gasteiger partial charge on any atom is -0.508 e. The van der Waals surface area contributed by atoms with Crippen LogP contribution in [0.5, 0.6) is 5.75 Å². The first kappa shape index (κ1) is 11.5. The van der Waals surface area contributed by atoms with Crippen molar-refractivity contribution in [2.24, 2.45) is 0 Å². The molecule has 0 aliphatic rings. The van der Waals surface area contributed by atoms with Crippen molar-refractivity contribution in [3.8, 4) is 5.75 Å². The lowest BCUT2D eigenvalue weighted by molar-refractivity contribution is 0.457. The van der Waals surface area contributed by atoms with Crippen LogP contribution in [0.15, 0.2) is 22.7 Å². The Kier molecular flexibility index (Phi) is 4.90. The van der Waals surface area contributed by atoms with Gasteiger partial charge in [-0.3, -0.25) is 4.39 Å². The SMILES string of the molecule is Oc1ccc(Br)c(CNCCCF)c1. The van der Waals surface area contributed by atoms with Crippen molar-refractivity contribution >= 4 is 15.9 Å². The topological polar surface area (TPSA) is 32.3 Å². The summed E-state index contributed by atoms with van der Waals surface area (Å²) in [5.74, 6) is 0.246. The second-order valence-corrected chi connectivity index (χ2v) is 3.85. The van der Waals surface area contributed by atoms with Gasteiger partial charge in [-0.25, -0.2) is 0 Å². The van der Waals surface area contributed by atoms with Gasteiger partial charge in [0.15, 0.2) is 0 Å². The molecule has 0 fully saturated rings. The van der Waals surface area contributed by atoms with Gasteiger partial charge in [-0.05, 0) is 36.7 Å². The Labute approximate surface area is 91.3 Å². The molecule has 1 aromatic rings. The van der Waals surface area contributed by atoms with Crippen LogP contribution in [0.2, 0.25) is 0 Å². The first-order chi connectivity index (χ1) is 6.74. The van der Waals surface area contributed by atoms with Crippen LogP contribution >= 0.6 is 15.9 Å². The van der Waals surface area contributed by atoms with E-state index >= 15 is 0 Å². The molecule has 2 N–H and O–H groups in total. The molecule has 0 amide bonds. The lowest BCUT2D eigenvalue weighted by Crippen LogP contribution is -2.15. The first-order valence-electron chi connectivity index (χ1n) is 4.48. The van der Waals surface area contributed by atoms with E-state index in [1.807, 2.05) is 0 Å². The Balaban J connectivity index is 2.45. The Morgan fingerprint density at radius 3 is 2.93 bits per heavy atom. The van der Waals surface area contributed by atoms with Crippen LogP contribution in [0.3, 0.4) is 0 Å². The first-order valence-corrected chi connectivity index (χ1v) is 5.27. The van der Waals surface area contributed by atoms with Gasteiger partial charge in [0.2, 0.25) is 0 Å². The maximum absolute atomic E-state index is 11.8. The van der Waals surface area contributed by atoms with E-state index < -0.39 is 0 Å². The third-order valence-electron chi connectivity index (χ3n) is 1.83. The number of alkyl halides is 1. The van der Waals surface area contributed by atoms with Gasteiger partial charge in [0, 0.05) is 11.0 Å². The number of hydrogen-bond acceptors (Lipinski definition) is 2. The number of halogens is 2. The fraction of sp³-hybridized carbons (Fsp3) is 0.400. The molecule has 0 aliphatic heterocycles. The molecule has 0 aromatic heterocycles. The molecular formula is C10H13BrFNO. The number of phenolic OH excluding ortho intramolecular Hbond substituents is 1. The molecule has 2 nitrogen and oxygen atoms in total. The van der Waals surface area contributed by atoms with E-state index in [9.17, 15) is 9.50 Å². The molecule has 0 bridgehead atoms. The predicted octanol–water partition coefficient (Wildman–Crippen LogP) is 2.60. The normalized spacial score (nSPS) is 10.4. The van der Waals surface area contributed by atoms with Crippen molar-refractivity contribution in [1.29, 1.82) is 0 Å². The van der Waals surface area contributed by atoms with Crippen molar-refractivity contribution in [2.45, 2.75) is 13.0 Å². The van der Waals surface area contributed by atoms with E-state index in [2.05, 4.69) is 21.2 Å². The lowest BCUT2D eigenvalue weighted by atomic mass is 10.2. The number of nitrogens with one attached hydrogen (secondary N) is 1. The molecule has 0 atom stereocenters. The molecule has 0 heterocycles. The summed E-state index contributed by atoms with van der Waals surface area (Å²) in [7, 11) is 0. The zero-order chi connectivity index (χ0) is 10.4. The highest BCUT2D eigenvalue weighted by Gasteiger charge is 2.00. The average Bonchev–Trinajstić information content (AvgIpc) is 2.18. The van der Waals surface area contributed by atoms with Crippen LogP contribution in [-0.4, -0.2) is 18.3 Å². The van der Waals surface area contributed by atoms with Crippen LogP contribution in [-0.2, 0) is 6.54 Å². The monoisotopic (exact) mass is 261 g/mol. The van der Waals surface area contributed by atoms with Crippen LogP contribution < -0.4 is 5.32 Å². The van der Waals surface area contributed by atoms with Crippen molar-refractivity contribution < 1.29 is 9.50 Å². The van der Waals surface area contributed by atoms with Gasteiger partial charge >= 0.3 is 0 Å². The largest absolute Gasteiger partial charge is 0.508 e. The van der Waals surface area contributed by atoms with E-state index in [1.54, 1.807) is 18.2 Å². The van der Waals surface area contributed by atoms with Gasteiger partial charge in [0.05, 0.1) is 6.67 Å². The zero-order valence-electron chi connectivity index (χ0n) is 7.76. The molecule has 0 spiro atoms. The van der Waals surface area contributed by atoms with Crippen molar-refractivity contribution in [1.82, 2.24) is 5.32 Å². The second kappa shape index (κ2) is 5.98. The minimum atomic E-state index is -0.297. The Morgan fingerprint density at radius 1 is 1.43 bits per heavy atom. The number of aromatic hydroxyl groups is 1. The smallest absolute Gasteiger partial charge is 0.115 e. The van der Waals surface area contributed by atoms with E-state index in [4.69, 9.17) is 0 Å². The quantitative estimate of drug-likeness (QED) is 0.799. The van der Waals surface area contributed by atoms with Gasteiger partial charge in [-0.2, -0.15) is 0 Å². The lowest BCUT2D eigenvalue weighted by Gasteiger charge is -2.06. The summed E-state index contributed by atoms with van der Waals surface area (Å²) in [5.41, 5.74) is 0.976. The second-order valence-electron chi connectivity index (χ2n) is 3.00. The van der Waals surface area contributed by atoms with Gasteiger partial charge < -0.3 is 10.4 Å². The third-order valence-corrected chi connectivity index (χ3v) is 2.61. The summed E-state index contributed by atoms with van der Waals surface area (Å²) in [6.07, 6.45) is 0.524. The Hall–Kier alpha value is -0.610. The Morgan fingerprint density at radius 2 is 2.21 bits per heavy atom. The van der Waals surface area contributed by atoms with Crippen molar-refractivity contribution in [3.05, 3.63) is 28.2 Å². The number of phenols is 1. The predicted molar refractivity (Wildman–Crippen MR) is 58.1 cm³/mol. The van der Waals surface area contributed by atoms with Crippen LogP contribution in [0.1, 0.15) is 12.0 Å². The minimum absolute atomic E-state index is 0.246. The molecule has 1 rings (SSSR count). The molecule has 78 valence electrons. The summed E-state index contributed by atoms with van der Waals surface area (Å²) in [4.78, 5) is 0. The molecule has 0 saturated carbocycles. The molecule has 14 heavy (non-hydrogen) atoms. The molecule has 0 saturated heterocycles. The third kappa shape index (κ3) is 3.64. The highest BCUT2D eigenvalue weighted by molar-refractivity contribution is 9.10. The fourth-order valence-electron chi connectivity index (χ4n) is 1.11.